The number of nitrogens with two attached hydrogens (primary N) is 1. The zero-order valence-electron chi connectivity index (χ0n) is 10.1. The smallest absolute Gasteiger partial charge is 0.221 e. The summed E-state index contributed by atoms with van der Waals surface area (Å²) in [6.07, 6.45) is 4.40. The molecule has 1 atom stereocenters. The van der Waals surface area contributed by atoms with Gasteiger partial charge in [-0.25, -0.2) is 0 Å². The van der Waals surface area contributed by atoms with Crippen molar-refractivity contribution >= 4 is 5.91 Å². The van der Waals surface area contributed by atoms with E-state index in [1.807, 2.05) is 13.0 Å². The first-order valence-electron chi connectivity index (χ1n) is 6.00. The van der Waals surface area contributed by atoms with E-state index in [1.54, 1.807) is 0 Å². The molecule has 1 heterocycles. The second-order valence-electron chi connectivity index (χ2n) is 4.61. The Kier molecular flexibility index (Phi) is 5.49. The van der Waals surface area contributed by atoms with E-state index in [0.29, 0.717) is 12.5 Å². The van der Waals surface area contributed by atoms with Crippen LogP contribution in [0.3, 0.4) is 0 Å². The van der Waals surface area contributed by atoms with Crippen LogP contribution in [0.1, 0.15) is 26.2 Å². The van der Waals surface area contributed by atoms with Crippen LogP contribution >= 0.6 is 0 Å². The molecule has 4 heteroatoms. The number of rotatable bonds is 5. The third-order valence-electron chi connectivity index (χ3n) is 2.85. The normalized spacial score (nSPS) is 20.4. The molecule has 0 aliphatic carbocycles. The summed E-state index contributed by atoms with van der Waals surface area (Å²) in [5.74, 6) is 0.0807. The predicted octanol–water partition coefficient (Wildman–Crippen LogP) is 0.490. The molecule has 0 aromatic carbocycles. The van der Waals surface area contributed by atoms with Crippen LogP contribution < -0.4 is 11.1 Å². The number of nitrogens with zero attached hydrogens (tertiary/aromatic N) is 1. The first-order chi connectivity index (χ1) is 7.61. The summed E-state index contributed by atoms with van der Waals surface area (Å²) in [5, 5.41) is 3.04. The number of likely N-dealkylation sites (tertiary alicyclic amines) is 1. The molecule has 0 aromatic rings. The lowest BCUT2D eigenvalue weighted by atomic mass is 10.0. The van der Waals surface area contributed by atoms with Gasteiger partial charge in [0.15, 0.2) is 0 Å². The highest BCUT2D eigenvalue weighted by atomic mass is 16.1. The lowest BCUT2D eigenvalue weighted by Gasteiger charge is -2.31. The van der Waals surface area contributed by atoms with Gasteiger partial charge in [0, 0.05) is 38.1 Å². The number of nitrogens with one attached hydrogen (secondary N) is 1. The fourth-order valence-electron chi connectivity index (χ4n) is 2.02. The minimum Gasteiger partial charge on any atom is -0.353 e. The lowest BCUT2D eigenvalue weighted by molar-refractivity contribution is -0.122. The minimum absolute atomic E-state index is 0.0548. The van der Waals surface area contributed by atoms with Gasteiger partial charge >= 0.3 is 0 Å². The molecule has 1 rings (SSSR count). The molecule has 0 bridgehead atoms. The number of piperidine rings is 1. The molecule has 1 amide bonds. The highest BCUT2D eigenvalue weighted by molar-refractivity contribution is 5.76. The summed E-state index contributed by atoms with van der Waals surface area (Å²) < 4.78 is 0. The first-order valence-corrected chi connectivity index (χ1v) is 6.00. The molecule has 0 radical (unpaired) electrons. The van der Waals surface area contributed by atoms with Gasteiger partial charge in [0.1, 0.15) is 0 Å². The van der Waals surface area contributed by atoms with Crippen LogP contribution in [-0.4, -0.2) is 42.5 Å². The van der Waals surface area contributed by atoms with Gasteiger partial charge < -0.3 is 11.1 Å². The van der Waals surface area contributed by atoms with Crippen molar-refractivity contribution in [1.29, 1.82) is 0 Å². The van der Waals surface area contributed by atoms with E-state index in [4.69, 9.17) is 5.73 Å². The van der Waals surface area contributed by atoms with Crippen LogP contribution in [-0.2, 0) is 4.79 Å². The molecule has 3 N–H and O–H groups in total. The van der Waals surface area contributed by atoms with Gasteiger partial charge in [-0.1, -0.05) is 6.08 Å². The summed E-state index contributed by atoms with van der Waals surface area (Å²) in [4.78, 5) is 13.9. The monoisotopic (exact) mass is 225 g/mol. The second kappa shape index (κ2) is 6.66. The van der Waals surface area contributed by atoms with E-state index in [-0.39, 0.29) is 11.9 Å². The Hall–Kier alpha value is -0.870. The summed E-state index contributed by atoms with van der Waals surface area (Å²) in [7, 11) is 0. The topological polar surface area (TPSA) is 58.4 Å². The number of amides is 1. The van der Waals surface area contributed by atoms with Crippen LogP contribution in [0, 0.1) is 0 Å². The Bertz CT molecular complexity index is 232. The van der Waals surface area contributed by atoms with E-state index in [9.17, 15) is 4.79 Å². The average Bonchev–Trinajstić information content (AvgIpc) is 2.20. The van der Waals surface area contributed by atoms with Gasteiger partial charge in [-0.2, -0.15) is 0 Å². The van der Waals surface area contributed by atoms with E-state index in [2.05, 4.69) is 16.8 Å². The molecule has 4 nitrogen and oxygen atoms in total. The molecular weight excluding hydrogens is 202 g/mol. The van der Waals surface area contributed by atoms with Crippen LogP contribution in [0.5, 0.6) is 0 Å². The lowest BCUT2D eigenvalue weighted by Crippen LogP contribution is -2.45. The first kappa shape index (κ1) is 13.2. The van der Waals surface area contributed by atoms with E-state index in [1.165, 1.54) is 0 Å². The molecule has 92 valence electrons. The number of carbonyl (C=O) groups is 1. The maximum Gasteiger partial charge on any atom is 0.221 e. The average molecular weight is 225 g/mol. The third-order valence-corrected chi connectivity index (χ3v) is 2.85. The van der Waals surface area contributed by atoms with Crippen molar-refractivity contribution in [2.75, 3.05) is 19.6 Å². The molecular formula is C12H23N3O. The molecule has 16 heavy (non-hydrogen) atoms. The highest BCUT2D eigenvalue weighted by Crippen LogP contribution is 2.10. The molecule has 1 aliphatic heterocycles. The molecule has 1 unspecified atom stereocenters. The van der Waals surface area contributed by atoms with Crippen LogP contribution in [0.2, 0.25) is 0 Å². The molecule has 1 aliphatic rings. The Morgan fingerprint density at radius 1 is 1.62 bits per heavy atom. The quantitative estimate of drug-likeness (QED) is 0.670. The van der Waals surface area contributed by atoms with Crippen LogP contribution in [0.4, 0.5) is 0 Å². The standard InChI is InChI=1S/C12H23N3O/c1-3-6-15-7-4-11(5-8-15)14-12(16)9-10(2)13/h3,10-11H,1,4-9,13H2,2H3,(H,14,16). The summed E-state index contributed by atoms with van der Waals surface area (Å²) in [6.45, 7) is 8.60. The second-order valence-corrected chi connectivity index (χ2v) is 4.61. The maximum atomic E-state index is 11.5. The van der Waals surface area contributed by atoms with Gasteiger partial charge in [-0.15, -0.1) is 6.58 Å². The van der Waals surface area contributed by atoms with Crippen molar-refractivity contribution < 1.29 is 4.79 Å². The van der Waals surface area contributed by atoms with Crippen molar-refractivity contribution in [2.45, 2.75) is 38.3 Å². The molecule has 0 spiro atoms. The Balaban J connectivity index is 2.21. The van der Waals surface area contributed by atoms with E-state index < -0.39 is 0 Å². The maximum absolute atomic E-state index is 11.5. The molecule has 0 saturated carbocycles. The summed E-state index contributed by atoms with van der Waals surface area (Å²) in [6, 6.07) is 0.271. The van der Waals surface area contributed by atoms with Gasteiger partial charge in [-0.3, -0.25) is 9.69 Å². The predicted molar refractivity (Wildman–Crippen MR) is 66.1 cm³/mol. The molecule has 0 aromatic heterocycles. The highest BCUT2D eigenvalue weighted by Gasteiger charge is 2.19. The van der Waals surface area contributed by atoms with Crippen molar-refractivity contribution in [2.24, 2.45) is 5.73 Å². The number of hydrogen-bond acceptors (Lipinski definition) is 3. The van der Waals surface area contributed by atoms with Gasteiger partial charge in [-0.05, 0) is 19.8 Å². The van der Waals surface area contributed by atoms with Gasteiger partial charge in [0.2, 0.25) is 5.91 Å². The van der Waals surface area contributed by atoms with Crippen molar-refractivity contribution in [3.8, 4) is 0 Å². The Morgan fingerprint density at radius 3 is 2.75 bits per heavy atom. The zero-order valence-corrected chi connectivity index (χ0v) is 10.1. The molecule has 1 saturated heterocycles. The Labute approximate surface area is 97.9 Å². The van der Waals surface area contributed by atoms with Gasteiger partial charge in [0.05, 0.1) is 0 Å². The summed E-state index contributed by atoms with van der Waals surface area (Å²) >= 11 is 0. The van der Waals surface area contributed by atoms with Crippen LogP contribution in [0.25, 0.3) is 0 Å². The number of hydrogen-bond donors (Lipinski definition) is 2. The van der Waals surface area contributed by atoms with E-state index >= 15 is 0 Å². The van der Waals surface area contributed by atoms with Crippen molar-refractivity contribution in [3.63, 3.8) is 0 Å². The van der Waals surface area contributed by atoms with Gasteiger partial charge in [0.25, 0.3) is 0 Å². The largest absolute Gasteiger partial charge is 0.353 e. The van der Waals surface area contributed by atoms with Crippen LogP contribution in [0.15, 0.2) is 12.7 Å². The minimum atomic E-state index is -0.0548. The van der Waals surface area contributed by atoms with Crippen molar-refractivity contribution in [1.82, 2.24) is 10.2 Å². The third kappa shape index (κ3) is 4.77. The summed E-state index contributed by atoms with van der Waals surface area (Å²) in [5.41, 5.74) is 5.58. The number of carbonyl (C=O) groups excluding carboxylic acids is 1. The fourth-order valence-corrected chi connectivity index (χ4v) is 2.02. The Morgan fingerprint density at radius 2 is 2.25 bits per heavy atom. The fraction of sp³-hybridized carbons (Fsp3) is 0.750. The van der Waals surface area contributed by atoms with E-state index in [0.717, 1.165) is 32.5 Å². The SMILES string of the molecule is C=CCN1CCC(NC(=O)CC(C)N)CC1. The zero-order chi connectivity index (χ0) is 12.0. The molecule has 1 fully saturated rings. The van der Waals surface area contributed by atoms with Crippen molar-refractivity contribution in [3.05, 3.63) is 12.7 Å².